The summed E-state index contributed by atoms with van der Waals surface area (Å²) in [6.07, 6.45) is 0.437. The van der Waals surface area contributed by atoms with Crippen LogP contribution in [0.1, 0.15) is 47.5 Å². The lowest BCUT2D eigenvalue weighted by atomic mass is 9.99. The molecule has 9 heteroatoms. The summed E-state index contributed by atoms with van der Waals surface area (Å²) in [5.74, 6) is -1.23. The smallest absolute Gasteiger partial charge is 0.236 e. The molecule has 0 saturated heterocycles. The molecule has 2 atom stereocenters. The minimum Gasteiger partial charge on any atom is -0.353 e. The Morgan fingerprint density at radius 3 is 2.04 bits per heavy atom. The largest absolute Gasteiger partial charge is 0.353 e. The molecule has 0 spiro atoms. The summed E-state index contributed by atoms with van der Waals surface area (Å²) in [6, 6.07) is -1.24. The summed E-state index contributed by atoms with van der Waals surface area (Å²) in [4.78, 5) is 49.9. The standard InChI is InChI=1S/C19H37N5O4/c1-12(2)17(26)15(6-8-20)23-16(25)7-10-24(19(28)13(3)4)11-9-22-18(27)14(5)21/h12-15H,6-11,20-21H2,1-5H3,(H,22,27)(H,23,25)/t14-,15-/m0/s1. The van der Waals surface area contributed by atoms with Gasteiger partial charge in [-0.3, -0.25) is 19.2 Å². The van der Waals surface area contributed by atoms with Crippen molar-refractivity contribution in [1.29, 1.82) is 0 Å². The van der Waals surface area contributed by atoms with Gasteiger partial charge in [-0.1, -0.05) is 27.7 Å². The van der Waals surface area contributed by atoms with Gasteiger partial charge in [0.1, 0.15) is 0 Å². The Hall–Kier alpha value is -2.00. The molecule has 0 aliphatic heterocycles. The molecule has 0 aromatic heterocycles. The van der Waals surface area contributed by atoms with E-state index in [1.807, 2.05) is 0 Å². The maximum atomic E-state index is 12.4. The lowest BCUT2D eigenvalue weighted by molar-refractivity contribution is -0.136. The third kappa shape index (κ3) is 9.80. The van der Waals surface area contributed by atoms with Gasteiger partial charge in [-0.2, -0.15) is 0 Å². The van der Waals surface area contributed by atoms with E-state index < -0.39 is 12.1 Å². The molecule has 162 valence electrons. The van der Waals surface area contributed by atoms with E-state index in [0.29, 0.717) is 13.0 Å². The first-order valence-corrected chi connectivity index (χ1v) is 9.86. The van der Waals surface area contributed by atoms with Crippen LogP contribution in [0.4, 0.5) is 0 Å². The normalized spacial score (nSPS) is 13.2. The molecule has 0 fully saturated rings. The predicted octanol–water partition coefficient (Wildman–Crippen LogP) is -0.617. The number of Topliss-reactive ketones (excluding diaryl/α,β-unsaturated/α-hetero) is 1. The van der Waals surface area contributed by atoms with Gasteiger partial charge in [-0.25, -0.2) is 0 Å². The van der Waals surface area contributed by atoms with E-state index in [9.17, 15) is 19.2 Å². The van der Waals surface area contributed by atoms with Crippen LogP contribution in [0.2, 0.25) is 0 Å². The third-order valence-electron chi connectivity index (χ3n) is 4.21. The molecule has 9 nitrogen and oxygen atoms in total. The van der Waals surface area contributed by atoms with E-state index in [4.69, 9.17) is 11.5 Å². The number of carbonyl (C=O) groups is 4. The molecular formula is C19H37N5O4. The summed E-state index contributed by atoms with van der Waals surface area (Å²) in [7, 11) is 0. The Morgan fingerprint density at radius 1 is 0.964 bits per heavy atom. The van der Waals surface area contributed by atoms with E-state index in [1.54, 1.807) is 34.6 Å². The molecule has 0 aliphatic carbocycles. The molecular weight excluding hydrogens is 362 g/mol. The fourth-order valence-corrected chi connectivity index (χ4v) is 2.53. The van der Waals surface area contributed by atoms with Crippen molar-refractivity contribution in [1.82, 2.24) is 15.5 Å². The third-order valence-corrected chi connectivity index (χ3v) is 4.21. The second kappa shape index (κ2) is 13.2. The van der Waals surface area contributed by atoms with Crippen molar-refractivity contribution in [2.45, 2.75) is 59.5 Å². The monoisotopic (exact) mass is 399 g/mol. The Bertz CT molecular complexity index is 534. The quantitative estimate of drug-likeness (QED) is 0.324. The Morgan fingerprint density at radius 2 is 1.57 bits per heavy atom. The van der Waals surface area contributed by atoms with Crippen LogP contribution < -0.4 is 22.1 Å². The first-order valence-electron chi connectivity index (χ1n) is 9.86. The van der Waals surface area contributed by atoms with Crippen LogP contribution in [0.15, 0.2) is 0 Å². The number of hydrogen-bond acceptors (Lipinski definition) is 6. The van der Waals surface area contributed by atoms with Gasteiger partial charge >= 0.3 is 0 Å². The van der Waals surface area contributed by atoms with Gasteiger partial charge in [-0.15, -0.1) is 0 Å². The molecule has 0 rings (SSSR count). The van der Waals surface area contributed by atoms with Gasteiger partial charge in [0, 0.05) is 37.9 Å². The first-order chi connectivity index (χ1) is 13.0. The first kappa shape index (κ1) is 26.0. The number of carbonyl (C=O) groups excluding carboxylic acids is 4. The average Bonchev–Trinajstić information content (AvgIpc) is 2.62. The predicted molar refractivity (Wildman–Crippen MR) is 108 cm³/mol. The van der Waals surface area contributed by atoms with Crippen LogP contribution in [0.3, 0.4) is 0 Å². The Kier molecular flexibility index (Phi) is 12.3. The highest BCUT2D eigenvalue weighted by Crippen LogP contribution is 2.05. The second-order valence-corrected chi connectivity index (χ2v) is 7.56. The number of rotatable bonds is 13. The molecule has 0 heterocycles. The lowest BCUT2D eigenvalue weighted by Crippen LogP contribution is -2.47. The average molecular weight is 400 g/mol. The van der Waals surface area contributed by atoms with Crippen molar-refractivity contribution in [3.05, 3.63) is 0 Å². The molecule has 0 radical (unpaired) electrons. The van der Waals surface area contributed by atoms with Crippen LogP contribution in [0.25, 0.3) is 0 Å². The van der Waals surface area contributed by atoms with E-state index in [1.165, 1.54) is 4.90 Å². The molecule has 28 heavy (non-hydrogen) atoms. The van der Waals surface area contributed by atoms with Crippen molar-refractivity contribution in [3.8, 4) is 0 Å². The van der Waals surface area contributed by atoms with Gasteiger partial charge in [0.2, 0.25) is 17.7 Å². The number of nitrogens with one attached hydrogen (secondary N) is 2. The highest BCUT2D eigenvalue weighted by Gasteiger charge is 2.23. The van der Waals surface area contributed by atoms with Gasteiger partial charge in [0.25, 0.3) is 0 Å². The topological polar surface area (TPSA) is 148 Å². The summed E-state index contributed by atoms with van der Waals surface area (Å²) in [5.41, 5.74) is 11.0. The molecule has 0 aromatic rings. The number of nitrogens with zero attached hydrogens (tertiary/aromatic N) is 1. The Labute approximate surface area is 167 Å². The van der Waals surface area contributed by atoms with Crippen molar-refractivity contribution >= 4 is 23.5 Å². The van der Waals surface area contributed by atoms with Crippen LogP contribution in [-0.4, -0.2) is 66.7 Å². The molecule has 0 aliphatic rings. The zero-order chi connectivity index (χ0) is 21.9. The van der Waals surface area contributed by atoms with Gasteiger partial charge in [-0.05, 0) is 19.9 Å². The van der Waals surface area contributed by atoms with E-state index >= 15 is 0 Å². The molecule has 0 saturated carbocycles. The van der Waals surface area contributed by atoms with Crippen molar-refractivity contribution < 1.29 is 19.2 Å². The summed E-state index contributed by atoms with van der Waals surface area (Å²) in [6.45, 7) is 9.69. The molecule has 0 bridgehead atoms. The maximum Gasteiger partial charge on any atom is 0.236 e. The van der Waals surface area contributed by atoms with Crippen molar-refractivity contribution in [2.75, 3.05) is 26.2 Å². The summed E-state index contributed by atoms with van der Waals surface area (Å²) >= 11 is 0. The second-order valence-electron chi connectivity index (χ2n) is 7.56. The van der Waals surface area contributed by atoms with E-state index in [0.717, 1.165) is 0 Å². The number of nitrogens with two attached hydrogens (primary N) is 2. The van der Waals surface area contributed by atoms with Crippen LogP contribution in [-0.2, 0) is 19.2 Å². The summed E-state index contributed by atoms with van der Waals surface area (Å²) in [5, 5.41) is 5.37. The molecule has 0 unspecified atom stereocenters. The minimum absolute atomic E-state index is 0.0617. The molecule has 6 N–H and O–H groups in total. The highest BCUT2D eigenvalue weighted by atomic mass is 16.2. The van der Waals surface area contributed by atoms with E-state index in [-0.39, 0.29) is 61.4 Å². The maximum absolute atomic E-state index is 12.4. The van der Waals surface area contributed by atoms with Crippen molar-refractivity contribution in [3.63, 3.8) is 0 Å². The molecule has 0 aromatic carbocycles. The number of amides is 3. The van der Waals surface area contributed by atoms with Crippen LogP contribution in [0, 0.1) is 11.8 Å². The number of hydrogen-bond donors (Lipinski definition) is 4. The van der Waals surface area contributed by atoms with E-state index in [2.05, 4.69) is 10.6 Å². The fourth-order valence-electron chi connectivity index (χ4n) is 2.53. The van der Waals surface area contributed by atoms with Crippen LogP contribution in [0.5, 0.6) is 0 Å². The zero-order valence-corrected chi connectivity index (χ0v) is 17.8. The molecule has 3 amide bonds. The SMILES string of the molecule is CC(C)C(=O)[C@H](CCN)NC(=O)CCN(CCNC(=O)[C@H](C)N)C(=O)C(C)C. The van der Waals surface area contributed by atoms with Gasteiger partial charge in [0.15, 0.2) is 5.78 Å². The highest BCUT2D eigenvalue weighted by molar-refractivity contribution is 5.90. The number of ketones is 1. The Balaban J connectivity index is 4.77. The summed E-state index contributed by atoms with van der Waals surface area (Å²) < 4.78 is 0. The van der Waals surface area contributed by atoms with Crippen LogP contribution >= 0.6 is 0 Å². The fraction of sp³-hybridized carbons (Fsp3) is 0.789. The lowest BCUT2D eigenvalue weighted by Gasteiger charge is -2.25. The minimum atomic E-state index is -0.627. The van der Waals surface area contributed by atoms with Crippen molar-refractivity contribution in [2.24, 2.45) is 23.3 Å². The zero-order valence-electron chi connectivity index (χ0n) is 17.8. The van der Waals surface area contributed by atoms with Gasteiger partial charge in [0.05, 0.1) is 12.1 Å². The van der Waals surface area contributed by atoms with Gasteiger partial charge < -0.3 is 27.0 Å².